The van der Waals surface area contributed by atoms with E-state index in [1.807, 2.05) is 50.2 Å². The summed E-state index contributed by atoms with van der Waals surface area (Å²) in [4.78, 5) is 25.9. The number of nitrogens with one attached hydrogen (secondary N) is 1. The molecule has 0 spiro atoms. The summed E-state index contributed by atoms with van der Waals surface area (Å²) in [7, 11) is 0. The molecule has 2 amide bonds. The number of imide groups is 1. The zero-order chi connectivity index (χ0) is 15.7. The lowest BCUT2D eigenvalue weighted by Crippen LogP contribution is -2.34. The Morgan fingerprint density at radius 2 is 1.73 bits per heavy atom. The van der Waals surface area contributed by atoms with E-state index in [4.69, 9.17) is 0 Å². The van der Waals surface area contributed by atoms with Crippen LogP contribution in [-0.2, 0) is 4.79 Å². The van der Waals surface area contributed by atoms with Gasteiger partial charge in [0.25, 0.3) is 11.1 Å². The van der Waals surface area contributed by atoms with E-state index in [1.165, 1.54) is 10.5 Å². The van der Waals surface area contributed by atoms with Crippen molar-refractivity contribution in [1.29, 1.82) is 0 Å². The summed E-state index contributed by atoms with van der Waals surface area (Å²) in [5, 5.41) is 2.30. The molecular formula is C17H16N2O2S. The fourth-order valence-corrected chi connectivity index (χ4v) is 3.20. The highest BCUT2D eigenvalue weighted by molar-refractivity contribution is 8.16. The van der Waals surface area contributed by atoms with Gasteiger partial charge in [-0.15, -0.1) is 0 Å². The van der Waals surface area contributed by atoms with Crippen molar-refractivity contribution in [2.75, 3.05) is 10.2 Å². The third kappa shape index (κ3) is 2.72. The standard InChI is InChI=1S/C17H16N2O2S/c1-11-8-9-13(10-12(11)2)18-15-16(20)19(17(21)22-15)14-6-4-3-5-7-14/h3-10,15,18H,1-2H3. The van der Waals surface area contributed by atoms with Gasteiger partial charge in [0.1, 0.15) is 0 Å². The quantitative estimate of drug-likeness (QED) is 0.932. The predicted octanol–water partition coefficient (Wildman–Crippen LogP) is 3.94. The number of amides is 2. The van der Waals surface area contributed by atoms with Crippen molar-refractivity contribution in [1.82, 2.24) is 0 Å². The van der Waals surface area contributed by atoms with E-state index >= 15 is 0 Å². The molecule has 22 heavy (non-hydrogen) atoms. The molecule has 4 nitrogen and oxygen atoms in total. The van der Waals surface area contributed by atoms with Crippen molar-refractivity contribution in [2.24, 2.45) is 0 Å². The third-order valence-electron chi connectivity index (χ3n) is 3.66. The lowest BCUT2D eigenvalue weighted by molar-refractivity contribution is -0.116. The number of hydrogen-bond acceptors (Lipinski definition) is 4. The molecule has 1 atom stereocenters. The summed E-state index contributed by atoms with van der Waals surface area (Å²) >= 11 is 1.01. The first-order valence-corrected chi connectivity index (χ1v) is 7.87. The zero-order valence-electron chi connectivity index (χ0n) is 12.4. The summed E-state index contributed by atoms with van der Waals surface area (Å²) in [6.07, 6.45) is 0. The molecule has 1 aliphatic rings. The fraction of sp³-hybridized carbons (Fsp3) is 0.176. The molecule has 1 saturated heterocycles. The Balaban J connectivity index is 1.80. The lowest BCUT2D eigenvalue weighted by atomic mass is 10.1. The van der Waals surface area contributed by atoms with Crippen molar-refractivity contribution >= 4 is 34.3 Å². The lowest BCUT2D eigenvalue weighted by Gasteiger charge is -2.15. The highest BCUT2D eigenvalue weighted by Gasteiger charge is 2.40. The molecule has 0 aliphatic carbocycles. The number of carbonyl (C=O) groups is 2. The molecule has 2 aromatic carbocycles. The highest BCUT2D eigenvalue weighted by Crippen LogP contribution is 2.32. The Morgan fingerprint density at radius 1 is 1.00 bits per heavy atom. The Morgan fingerprint density at radius 3 is 2.41 bits per heavy atom. The number of aryl methyl sites for hydroxylation is 2. The van der Waals surface area contributed by atoms with Crippen LogP contribution in [0.1, 0.15) is 11.1 Å². The molecule has 0 radical (unpaired) electrons. The van der Waals surface area contributed by atoms with Crippen molar-refractivity contribution in [3.8, 4) is 0 Å². The first-order valence-electron chi connectivity index (χ1n) is 6.99. The summed E-state index contributed by atoms with van der Waals surface area (Å²) in [6, 6.07) is 14.9. The molecule has 0 aromatic heterocycles. The van der Waals surface area contributed by atoms with Gasteiger partial charge in [0.05, 0.1) is 5.69 Å². The SMILES string of the molecule is Cc1ccc(NC2SC(=O)N(c3ccccc3)C2=O)cc1C. The van der Waals surface area contributed by atoms with Crippen LogP contribution >= 0.6 is 11.8 Å². The summed E-state index contributed by atoms with van der Waals surface area (Å²) in [6.45, 7) is 4.06. The van der Waals surface area contributed by atoms with Gasteiger partial charge < -0.3 is 5.32 Å². The monoisotopic (exact) mass is 312 g/mol. The predicted molar refractivity (Wildman–Crippen MR) is 90.2 cm³/mol. The molecule has 1 N–H and O–H groups in total. The van der Waals surface area contributed by atoms with Crippen LogP contribution in [0.3, 0.4) is 0 Å². The van der Waals surface area contributed by atoms with E-state index in [0.29, 0.717) is 5.69 Å². The molecule has 5 heteroatoms. The maximum atomic E-state index is 12.5. The van der Waals surface area contributed by atoms with Gasteiger partial charge >= 0.3 is 0 Å². The average molecular weight is 312 g/mol. The van der Waals surface area contributed by atoms with Gasteiger partial charge in [0.2, 0.25) is 0 Å². The summed E-state index contributed by atoms with van der Waals surface area (Å²) in [5.74, 6) is -0.237. The first kappa shape index (κ1) is 14.7. The maximum absolute atomic E-state index is 12.5. The average Bonchev–Trinajstić information content (AvgIpc) is 2.78. The van der Waals surface area contributed by atoms with Gasteiger partial charge in [0, 0.05) is 5.69 Å². The van der Waals surface area contributed by atoms with Gasteiger partial charge in [0.15, 0.2) is 5.37 Å². The number of thioether (sulfide) groups is 1. The smallest absolute Gasteiger partial charge is 0.295 e. The van der Waals surface area contributed by atoms with Crippen molar-refractivity contribution in [3.63, 3.8) is 0 Å². The van der Waals surface area contributed by atoms with E-state index in [2.05, 4.69) is 5.32 Å². The normalized spacial score (nSPS) is 17.9. The molecule has 0 saturated carbocycles. The van der Waals surface area contributed by atoms with Gasteiger partial charge in [-0.25, -0.2) is 4.90 Å². The number of anilines is 2. The van der Waals surface area contributed by atoms with Gasteiger partial charge in [-0.1, -0.05) is 24.3 Å². The van der Waals surface area contributed by atoms with E-state index in [-0.39, 0.29) is 11.1 Å². The molecule has 3 rings (SSSR count). The van der Waals surface area contributed by atoms with Crippen LogP contribution < -0.4 is 10.2 Å². The Bertz CT molecular complexity index is 731. The minimum absolute atomic E-state index is 0.237. The van der Waals surface area contributed by atoms with E-state index in [1.54, 1.807) is 12.1 Å². The topological polar surface area (TPSA) is 49.4 Å². The Hall–Kier alpha value is -2.27. The molecule has 1 unspecified atom stereocenters. The maximum Gasteiger partial charge on any atom is 0.295 e. The number of para-hydroxylation sites is 1. The van der Waals surface area contributed by atoms with Crippen LogP contribution in [0.2, 0.25) is 0 Å². The molecule has 2 aromatic rings. The summed E-state index contributed by atoms with van der Waals surface area (Å²) < 4.78 is 0. The molecule has 112 valence electrons. The van der Waals surface area contributed by atoms with E-state index in [9.17, 15) is 9.59 Å². The minimum Gasteiger partial charge on any atom is -0.365 e. The highest BCUT2D eigenvalue weighted by atomic mass is 32.2. The second-order valence-corrected chi connectivity index (χ2v) is 6.27. The number of carbonyl (C=O) groups excluding carboxylic acids is 2. The minimum atomic E-state index is -0.588. The fourth-order valence-electron chi connectivity index (χ4n) is 2.29. The van der Waals surface area contributed by atoms with Crippen LogP contribution in [-0.4, -0.2) is 16.5 Å². The molecule has 0 bridgehead atoms. The van der Waals surface area contributed by atoms with Crippen molar-refractivity contribution in [3.05, 3.63) is 59.7 Å². The number of benzene rings is 2. The second kappa shape index (κ2) is 5.85. The van der Waals surface area contributed by atoms with Gasteiger partial charge in [-0.05, 0) is 61.0 Å². The number of nitrogens with zero attached hydrogens (tertiary/aromatic N) is 1. The van der Waals surface area contributed by atoms with Crippen molar-refractivity contribution in [2.45, 2.75) is 19.2 Å². The molecule has 1 heterocycles. The second-order valence-electron chi connectivity index (χ2n) is 5.22. The van der Waals surface area contributed by atoms with E-state index in [0.717, 1.165) is 23.0 Å². The first-order chi connectivity index (χ1) is 10.6. The zero-order valence-corrected chi connectivity index (χ0v) is 13.2. The largest absolute Gasteiger partial charge is 0.365 e. The number of hydrogen-bond donors (Lipinski definition) is 1. The molecule has 1 aliphatic heterocycles. The number of rotatable bonds is 3. The van der Waals surface area contributed by atoms with E-state index < -0.39 is 5.37 Å². The van der Waals surface area contributed by atoms with Crippen LogP contribution in [0, 0.1) is 13.8 Å². The van der Waals surface area contributed by atoms with Crippen molar-refractivity contribution < 1.29 is 9.59 Å². The summed E-state index contributed by atoms with van der Waals surface area (Å²) in [5.41, 5.74) is 3.79. The van der Waals surface area contributed by atoms with Crippen LogP contribution in [0.15, 0.2) is 48.5 Å². The third-order valence-corrected chi connectivity index (χ3v) is 4.60. The van der Waals surface area contributed by atoms with Crippen LogP contribution in [0.5, 0.6) is 0 Å². The van der Waals surface area contributed by atoms with Gasteiger partial charge in [-0.3, -0.25) is 9.59 Å². The Labute approximate surface area is 133 Å². The molecular weight excluding hydrogens is 296 g/mol. The van der Waals surface area contributed by atoms with Crippen LogP contribution in [0.4, 0.5) is 16.2 Å². The Kier molecular flexibility index (Phi) is 3.90. The molecule has 1 fully saturated rings. The van der Waals surface area contributed by atoms with Crippen LogP contribution in [0.25, 0.3) is 0 Å². The van der Waals surface area contributed by atoms with Gasteiger partial charge in [-0.2, -0.15) is 0 Å².